The summed E-state index contributed by atoms with van der Waals surface area (Å²) in [6, 6.07) is 7.62. The van der Waals surface area contributed by atoms with Gasteiger partial charge in [-0.3, -0.25) is 0 Å². The largest absolute Gasteiger partial charge is 0.493 e. The van der Waals surface area contributed by atoms with E-state index >= 15 is 0 Å². The van der Waals surface area contributed by atoms with E-state index in [9.17, 15) is 0 Å². The van der Waals surface area contributed by atoms with Gasteiger partial charge in [0.25, 0.3) is 0 Å². The van der Waals surface area contributed by atoms with Gasteiger partial charge in [0.1, 0.15) is 11.8 Å². The van der Waals surface area contributed by atoms with Gasteiger partial charge in [0.15, 0.2) is 0 Å². The van der Waals surface area contributed by atoms with Gasteiger partial charge < -0.3 is 10.1 Å². The summed E-state index contributed by atoms with van der Waals surface area (Å²) in [5.74, 6) is 0.707. The zero-order valence-electron chi connectivity index (χ0n) is 10.2. The summed E-state index contributed by atoms with van der Waals surface area (Å²) in [7, 11) is 0. The number of hydrogen-bond acceptors (Lipinski definition) is 3. The van der Waals surface area contributed by atoms with Gasteiger partial charge in [-0.15, -0.1) is 0 Å². The van der Waals surface area contributed by atoms with Crippen LogP contribution in [0, 0.1) is 11.3 Å². The fraction of sp³-hybridized carbons (Fsp3) is 0.462. The molecule has 1 N–H and O–H groups in total. The van der Waals surface area contributed by atoms with Crippen molar-refractivity contribution in [3.8, 4) is 11.8 Å². The molecule has 92 valence electrons. The van der Waals surface area contributed by atoms with Crippen molar-refractivity contribution in [2.45, 2.75) is 26.3 Å². The van der Waals surface area contributed by atoms with Crippen molar-refractivity contribution in [2.75, 3.05) is 13.2 Å². The minimum Gasteiger partial charge on any atom is -0.493 e. The van der Waals surface area contributed by atoms with Gasteiger partial charge in [0.05, 0.1) is 17.2 Å². The minimum absolute atomic E-state index is 0.435. The van der Waals surface area contributed by atoms with Crippen molar-refractivity contribution in [3.63, 3.8) is 0 Å². The number of nitriles is 1. The van der Waals surface area contributed by atoms with Crippen LogP contribution >= 0.6 is 11.6 Å². The summed E-state index contributed by atoms with van der Waals surface area (Å²) in [6.07, 6.45) is 0.940. The molecule has 0 aliphatic rings. The average molecular weight is 253 g/mol. The Hall–Kier alpha value is -1.24. The predicted molar refractivity (Wildman–Crippen MR) is 69.4 cm³/mol. The minimum atomic E-state index is 0.435. The Morgan fingerprint density at radius 2 is 2.24 bits per heavy atom. The van der Waals surface area contributed by atoms with Gasteiger partial charge >= 0.3 is 0 Å². The molecular formula is C13H17ClN2O. The van der Waals surface area contributed by atoms with Crippen LogP contribution in [-0.4, -0.2) is 19.2 Å². The van der Waals surface area contributed by atoms with E-state index in [-0.39, 0.29) is 0 Å². The van der Waals surface area contributed by atoms with E-state index in [0.29, 0.717) is 29.0 Å². The van der Waals surface area contributed by atoms with Crippen LogP contribution in [0.5, 0.6) is 5.75 Å². The highest BCUT2D eigenvalue weighted by Gasteiger charge is 2.01. The van der Waals surface area contributed by atoms with Crippen LogP contribution in [0.15, 0.2) is 18.2 Å². The van der Waals surface area contributed by atoms with Gasteiger partial charge in [-0.1, -0.05) is 25.4 Å². The number of ether oxygens (including phenoxy) is 1. The number of benzene rings is 1. The zero-order valence-corrected chi connectivity index (χ0v) is 10.9. The molecular weight excluding hydrogens is 236 g/mol. The molecule has 0 fully saturated rings. The highest BCUT2D eigenvalue weighted by Crippen LogP contribution is 2.21. The summed E-state index contributed by atoms with van der Waals surface area (Å²) in [6.45, 7) is 5.80. The third kappa shape index (κ3) is 5.08. The first-order valence-electron chi connectivity index (χ1n) is 5.69. The molecule has 0 saturated carbocycles. The molecule has 0 aliphatic carbocycles. The molecule has 0 amide bonds. The predicted octanol–water partition coefficient (Wildman–Crippen LogP) is 2.98. The number of rotatable bonds is 6. The molecule has 0 aliphatic heterocycles. The number of hydrogen-bond donors (Lipinski definition) is 1. The quantitative estimate of drug-likeness (QED) is 0.792. The Morgan fingerprint density at radius 1 is 1.47 bits per heavy atom. The van der Waals surface area contributed by atoms with Gasteiger partial charge in [-0.2, -0.15) is 5.26 Å². The van der Waals surface area contributed by atoms with Crippen molar-refractivity contribution in [3.05, 3.63) is 28.8 Å². The normalized spacial score (nSPS) is 10.3. The van der Waals surface area contributed by atoms with Crippen molar-refractivity contribution < 1.29 is 4.74 Å². The van der Waals surface area contributed by atoms with E-state index in [4.69, 9.17) is 21.6 Å². The third-order valence-electron chi connectivity index (χ3n) is 2.20. The lowest BCUT2D eigenvalue weighted by molar-refractivity contribution is 0.306. The summed E-state index contributed by atoms with van der Waals surface area (Å²) in [4.78, 5) is 0. The van der Waals surface area contributed by atoms with E-state index < -0.39 is 0 Å². The molecule has 3 nitrogen and oxygen atoms in total. The standard InChI is InChI=1S/C13H17ClN2O/c1-10(2)16-6-3-7-17-12-5-4-11(9-15)13(14)8-12/h4-5,8,10,16H,3,6-7H2,1-2H3. The molecule has 0 atom stereocenters. The molecule has 1 rings (SSSR count). The van der Waals surface area contributed by atoms with E-state index in [1.807, 2.05) is 6.07 Å². The fourth-order valence-corrected chi connectivity index (χ4v) is 1.54. The van der Waals surface area contributed by atoms with Gasteiger partial charge in [0.2, 0.25) is 0 Å². The zero-order chi connectivity index (χ0) is 12.7. The molecule has 1 aromatic carbocycles. The smallest absolute Gasteiger partial charge is 0.120 e. The van der Waals surface area contributed by atoms with Crippen LogP contribution in [-0.2, 0) is 0 Å². The number of halogens is 1. The molecule has 0 heterocycles. The second-order valence-corrected chi connectivity index (χ2v) is 4.47. The summed E-state index contributed by atoms with van der Waals surface area (Å²) in [5, 5.41) is 12.5. The molecule has 0 unspecified atom stereocenters. The summed E-state index contributed by atoms with van der Waals surface area (Å²) < 4.78 is 5.53. The Bertz CT molecular complexity index is 399. The lowest BCUT2D eigenvalue weighted by atomic mass is 10.2. The van der Waals surface area contributed by atoms with E-state index in [1.165, 1.54) is 0 Å². The SMILES string of the molecule is CC(C)NCCCOc1ccc(C#N)c(Cl)c1. The fourth-order valence-electron chi connectivity index (χ4n) is 1.33. The van der Waals surface area contributed by atoms with Crippen molar-refractivity contribution in [1.82, 2.24) is 5.32 Å². The Kier molecular flexibility index (Phi) is 5.82. The average Bonchev–Trinajstić information content (AvgIpc) is 2.28. The maximum atomic E-state index is 8.72. The van der Waals surface area contributed by atoms with E-state index in [0.717, 1.165) is 13.0 Å². The molecule has 0 aromatic heterocycles. The monoisotopic (exact) mass is 252 g/mol. The molecule has 0 bridgehead atoms. The van der Waals surface area contributed by atoms with Crippen LogP contribution in [0.1, 0.15) is 25.8 Å². The lowest BCUT2D eigenvalue weighted by Crippen LogP contribution is -2.24. The van der Waals surface area contributed by atoms with Crippen molar-refractivity contribution in [2.24, 2.45) is 0 Å². The first-order chi connectivity index (χ1) is 8.13. The maximum Gasteiger partial charge on any atom is 0.120 e. The molecule has 4 heteroatoms. The molecule has 1 aromatic rings. The summed E-state index contributed by atoms with van der Waals surface area (Å²) >= 11 is 5.90. The first-order valence-corrected chi connectivity index (χ1v) is 6.07. The van der Waals surface area contributed by atoms with Crippen molar-refractivity contribution in [1.29, 1.82) is 5.26 Å². The van der Waals surface area contributed by atoms with Crippen LogP contribution in [0.25, 0.3) is 0 Å². The molecule has 17 heavy (non-hydrogen) atoms. The summed E-state index contributed by atoms with van der Waals surface area (Å²) in [5.41, 5.74) is 0.473. The van der Waals surface area contributed by atoms with E-state index in [2.05, 4.69) is 19.2 Å². The van der Waals surface area contributed by atoms with Gasteiger partial charge in [-0.25, -0.2) is 0 Å². The maximum absolute atomic E-state index is 8.72. The molecule has 0 saturated heterocycles. The van der Waals surface area contributed by atoms with Crippen LogP contribution < -0.4 is 10.1 Å². The second kappa shape index (κ2) is 7.16. The second-order valence-electron chi connectivity index (χ2n) is 4.06. The first kappa shape index (κ1) is 13.8. The topological polar surface area (TPSA) is 45.0 Å². The van der Waals surface area contributed by atoms with Crippen LogP contribution in [0.3, 0.4) is 0 Å². The van der Waals surface area contributed by atoms with Gasteiger partial charge in [-0.05, 0) is 25.1 Å². The highest BCUT2D eigenvalue weighted by molar-refractivity contribution is 6.31. The molecule has 0 spiro atoms. The Labute approximate surface area is 107 Å². The van der Waals surface area contributed by atoms with Gasteiger partial charge in [0, 0.05) is 12.1 Å². The number of nitrogens with one attached hydrogen (secondary N) is 1. The van der Waals surface area contributed by atoms with Crippen LogP contribution in [0.4, 0.5) is 0 Å². The third-order valence-corrected chi connectivity index (χ3v) is 2.52. The number of nitrogens with zero attached hydrogens (tertiary/aromatic N) is 1. The Balaban J connectivity index is 2.33. The van der Waals surface area contributed by atoms with Crippen molar-refractivity contribution >= 4 is 11.6 Å². The van der Waals surface area contributed by atoms with Crippen LogP contribution in [0.2, 0.25) is 5.02 Å². The highest BCUT2D eigenvalue weighted by atomic mass is 35.5. The Morgan fingerprint density at radius 3 is 2.82 bits per heavy atom. The van der Waals surface area contributed by atoms with E-state index in [1.54, 1.807) is 18.2 Å². The molecule has 0 radical (unpaired) electrons. The lowest BCUT2D eigenvalue weighted by Gasteiger charge is -2.09.